The monoisotopic (exact) mass is 392 g/mol. The predicted molar refractivity (Wildman–Crippen MR) is 113 cm³/mol. The molecule has 2 aromatic carbocycles. The molecule has 1 heterocycles. The molecule has 0 saturated heterocycles. The normalized spacial score (nSPS) is 10.7. The molecule has 0 aliphatic heterocycles. The summed E-state index contributed by atoms with van der Waals surface area (Å²) in [7, 11) is 0. The highest BCUT2D eigenvalue weighted by Crippen LogP contribution is 2.20. The fraction of sp³-hybridized carbons (Fsp3) is 0.261. The Bertz CT molecular complexity index is 1110. The first kappa shape index (κ1) is 20.3. The number of carbonyl (C=O) groups is 2. The lowest BCUT2D eigenvalue weighted by atomic mass is 10.1. The molecule has 1 amide bonds. The Morgan fingerprint density at radius 1 is 1.03 bits per heavy atom. The van der Waals surface area contributed by atoms with Gasteiger partial charge in [-0.3, -0.25) is 9.59 Å². The first-order valence-corrected chi connectivity index (χ1v) is 9.57. The van der Waals surface area contributed by atoms with Crippen molar-refractivity contribution in [3.8, 4) is 0 Å². The van der Waals surface area contributed by atoms with Crippen LogP contribution >= 0.6 is 0 Å². The second kappa shape index (κ2) is 8.73. The van der Waals surface area contributed by atoms with Crippen LogP contribution < -0.4 is 10.9 Å². The van der Waals surface area contributed by atoms with Crippen LogP contribution in [0.1, 0.15) is 34.8 Å². The van der Waals surface area contributed by atoms with Crippen LogP contribution in [-0.2, 0) is 16.1 Å². The lowest BCUT2D eigenvalue weighted by Gasteiger charge is -2.14. The van der Waals surface area contributed by atoms with E-state index in [0.29, 0.717) is 17.9 Å². The number of amides is 1. The van der Waals surface area contributed by atoms with Gasteiger partial charge >= 0.3 is 5.97 Å². The van der Waals surface area contributed by atoms with E-state index >= 15 is 0 Å². The van der Waals surface area contributed by atoms with Gasteiger partial charge in [-0.05, 0) is 56.2 Å². The zero-order valence-corrected chi connectivity index (χ0v) is 16.8. The van der Waals surface area contributed by atoms with Crippen LogP contribution in [0.25, 0.3) is 10.9 Å². The summed E-state index contributed by atoms with van der Waals surface area (Å²) in [6, 6.07) is 14.0. The smallest absolute Gasteiger partial charge is 0.338 e. The second-order valence-electron chi connectivity index (χ2n) is 6.88. The van der Waals surface area contributed by atoms with Crippen molar-refractivity contribution in [1.29, 1.82) is 0 Å². The van der Waals surface area contributed by atoms with Gasteiger partial charge in [0.25, 0.3) is 5.56 Å². The topological polar surface area (TPSA) is 77.4 Å². The van der Waals surface area contributed by atoms with Gasteiger partial charge in [0.05, 0.1) is 17.7 Å². The number of aromatic nitrogens is 1. The van der Waals surface area contributed by atoms with Crippen LogP contribution in [0.2, 0.25) is 0 Å². The van der Waals surface area contributed by atoms with E-state index < -0.39 is 5.97 Å². The summed E-state index contributed by atoms with van der Waals surface area (Å²) in [4.78, 5) is 36.6. The van der Waals surface area contributed by atoms with E-state index in [4.69, 9.17) is 4.74 Å². The molecule has 0 aliphatic carbocycles. The van der Waals surface area contributed by atoms with Crippen LogP contribution in [0.3, 0.4) is 0 Å². The standard InChI is InChI=1S/C23H24N2O4/c1-4-29-23(28)17-8-10-18(11-9-17)24-20(26)12-13-25-21(27)14-16(3)19-7-5-6-15(2)22(19)25/h5-11,14H,4,12-13H2,1-3H3,(H,24,26). The van der Waals surface area contributed by atoms with Gasteiger partial charge in [-0.15, -0.1) is 0 Å². The van der Waals surface area contributed by atoms with E-state index in [1.807, 2.05) is 32.0 Å². The van der Waals surface area contributed by atoms with Gasteiger partial charge in [0.15, 0.2) is 0 Å². The maximum atomic E-state index is 12.5. The van der Waals surface area contributed by atoms with Crippen molar-refractivity contribution in [2.24, 2.45) is 0 Å². The second-order valence-corrected chi connectivity index (χ2v) is 6.88. The van der Waals surface area contributed by atoms with Crippen LogP contribution in [0.4, 0.5) is 5.69 Å². The minimum atomic E-state index is -0.397. The van der Waals surface area contributed by atoms with E-state index in [1.165, 1.54) is 0 Å². The maximum absolute atomic E-state index is 12.5. The number of rotatable bonds is 6. The zero-order chi connectivity index (χ0) is 21.0. The fourth-order valence-electron chi connectivity index (χ4n) is 3.35. The third-order valence-corrected chi connectivity index (χ3v) is 4.78. The van der Waals surface area contributed by atoms with Crippen LogP contribution in [0, 0.1) is 13.8 Å². The molecule has 150 valence electrons. The highest BCUT2D eigenvalue weighted by molar-refractivity contribution is 5.93. The van der Waals surface area contributed by atoms with Crippen molar-refractivity contribution in [1.82, 2.24) is 4.57 Å². The van der Waals surface area contributed by atoms with Gasteiger partial charge in [-0.25, -0.2) is 4.79 Å². The Morgan fingerprint density at radius 2 is 1.76 bits per heavy atom. The molecule has 29 heavy (non-hydrogen) atoms. The summed E-state index contributed by atoms with van der Waals surface area (Å²) >= 11 is 0. The van der Waals surface area contributed by atoms with Crippen molar-refractivity contribution < 1.29 is 14.3 Å². The Kier molecular flexibility index (Phi) is 6.12. The van der Waals surface area contributed by atoms with E-state index in [1.54, 1.807) is 41.8 Å². The molecule has 0 radical (unpaired) electrons. The van der Waals surface area contributed by atoms with E-state index in [0.717, 1.165) is 22.0 Å². The molecular weight excluding hydrogens is 368 g/mol. The number of fused-ring (bicyclic) bond motifs is 1. The van der Waals surface area contributed by atoms with E-state index in [-0.39, 0.29) is 24.4 Å². The molecule has 0 aliphatic rings. The molecule has 0 spiro atoms. The number of carbonyl (C=O) groups excluding carboxylic acids is 2. The number of esters is 1. The summed E-state index contributed by atoms with van der Waals surface area (Å²) < 4.78 is 6.60. The van der Waals surface area contributed by atoms with E-state index in [9.17, 15) is 14.4 Å². The SMILES string of the molecule is CCOC(=O)c1ccc(NC(=O)CCn2c(=O)cc(C)c3cccc(C)c32)cc1. The third-order valence-electron chi connectivity index (χ3n) is 4.78. The van der Waals surface area contributed by atoms with Crippen molar-refractivity contribution in [2.75, 3.05) is 11.9 Å². The first-order valence-electron chi connectivity index (χ1n) is 9.57. The van der Waals surface area contributed by atoms with Crippen molar-refractivity contribution in [3.05, 3.63) is 75.6 Å². The number of para-hydroxylation sites is 1. The maximum Gasteiger partial charge on any atom is 0.338 e. The molecule has 3 rings (SSSR count). The number of nitrogens with zero attached hydrogens (tertiary/aromatic N) is 1. The van der Waals surface area contributed by atoms with Gasteiger partial charge in [0, 0.05) is 30.1 Å². The average Bonchev–Trinajstić information content (AvgIpc) is 2.69. The number of nitrogens with one attached hydrogen (secondary N) is 1. The molecule has 0 bridgehead atoms. The quantitative estimate of drug-likeness (QED) is 0.647. The third kappa shape index (κ3) is 4.54. The van der Waals surface area contributed by atoms with Crippen LogP contribution in [0.5, 0.6) is 0 Å². The Morgan fingerprint density at radius 3 is 2.45 bits per heavy atom. The first-order chi connectivity index (χ1) is 13.9. The molecule has 1 N–H and O–H groups in total. The molecule has 0 fully saturated rings. The Labute approximate surface area is 169 Å². The minimum Gasteiger partial charge on any atom is -0.462 e. The highest BCUT2D eigenvalue weighted by atomic mass is 16.5. The molecule has 3 aromatic rings. The number of anilines is 1. The summed E-state index contributed by atoms with van der Waals surface area (Å²) in [5.41, 5.74) is 3.69. The molecule has 0 saturated carbocycles. The molecule has 6 heteroatoms. The summed E-state index contributed by atoms with van der Waals surface area (Å²) in [5.74, 6) is -0.602. The summed E-state index contributed by atoms with van der Waals surface area (Å²) in [5, 5.41) is 3.81. The lowest BCUT2D eigenvalue weighted by Crippen LogP contribution is -2.24. The minimum absolute atomic E-state index is 0.115. The number of ether oxygens (including phenoxy) is 1. The van der Waals surface area contributed by atoms with Gasteiger partial charge in [0.1, 0.15) is 0 Å². The molecule has 6 nitrogen and oxygen atoms in total. The van der Waals surface area contributed by atoms with Gasteiger partial charge in [-0.2, -0.15) is 0 Å². The Hall–Kier alpha value is -3.41. The number of hydrogen-bond acceptors (Lipinski definition) is 4. The van der Waals surface area contributed by atoms with Crippen molar-refractivity contribution in [2.45, 2.75) is 33.7 Å². The van der Waals surface area contributed by atoms with Gasteiger partial charge in [-0.1, -0.05) is 18.2 Å². The predicted octanol–water partition coefficient (Wildman–Crippen LogP) is 3.82. The fourth-order valence-corrected chi connectivity index (χ4v) is 3.35. The lowest BCUT2D eigenvalue weighted by molar-refractivity contribution is -0.116. The van der Waals surface area contributed by atoms with Crippen LogP contribution in [0.15, 0.2) is 53.3 Å². The molecular formula is C23H24N2O4. The highest BCUT2D eigenvalue weighted by Gasteiger charge is 2.11. The van der Waals surface area contributed by atoms with Crippen molar-refractivity contribution in [3.63, 3.8) is 0 Å². The molecule has 0 atom stereocenters. The molecule has 0 unspecified atom stereocenters. The van der Waals surface area contributed by atoms with Crippen molar-refractivity contribution >= 4 is 28.5 Å². The largest absolute Gasteiger partial charge is 0.462 e. The van der Waals surface area contributed by atoms with Gasteiger partial charge in [0.2, 0.25) is 5.91 Å². The number of pyridine rings is 1. The zero-order valence-electron chi connectivity index (χ0n) is 16.8. The molecule has 1 aromatic heterocycles. The van der Waals surface area contributed by atoms with Gasteiger partial charge < -0.3 is 14.6 Å². The average molecular weight is 392 g/mol. The number of hydrogen-bond donors (Lipinski definition) is 1. The van der Waals surface area contributed by atoms with E-state index in [2.05, 4.69) is 5.32 Å². The Balaban J connectivity index is 1.72. The van der Waals surface area contributed by atoms with Crippen LogP contribution in [-0.4, -0.2) is 23.1 Å². The number of aryl methyl sites for hydroxylation is 3. The summed E-state index contributed by atoms with van der Waals surface area (Å²) in [6.45, 7) is 6.22. The number of benzene rings is 2. The summed E-state index contributed by atoms with van der Waals surface area (Å²) in [6.07, 6.45) is 0.159.